The maximum Gasteiger partial charge on any atom is 0.236 e. The second-order valence-electron chi connectivity index (χ2n) is 7.88. The van der Waals surface area contributed by atoms with Crippen molar-refractivity contribution in [3.05, 3.63) is 29.8 Å². The average molecular weight is 373 g/mol. The van der Waals surface area contributed by atoms with E-state index in [1.165, 1.54) is 0 Å². The first-order valence-electron chi connectivity index (χ1n) is 10.0. The second-order valence-corrected chi connectivity index (χ2v) is 7.88. The number of hydrogen-bond donors (Lipinski definition) is 0. The normalized spacial score (nSPS) is 19.6. The predicted molar refractivity (Wildman–Crippen MR) is 108 cm³/mol. The summed E-state index contributed by atoms with van der Waals surface area (Å²) in [6, 6.07) is 8.38. The van der Waals surface area contributed by atoms with Crippen LogP contribution >= 0.6 is 0 Å². The summed E-state index contributed by atoms with van der Waals surface area (Å²) in [6.07, 6.45) is 0. The molecule has 6 heteroatoms. The van der Waals surface area contributed by atoms with Crippen LogP contribution in [0.15, 0.2) is 24.3 Å². The highest BCUT2D eigenvalue weighted by atomic mass is 16.2. The molecular weight excluding hydrogens is 340 g/mol. The zero-order valence-electron chi connectivity index (χ0n) is 16.9. The maximum atomic E-state index is 12.6. The van der Waals surface area contributed by atoms with Gasteiger partial charge in [-0.05, 0) is 45.0 Å². The van der Waals surface area contributed by atoms with Crippen molar-refractivity contribution in [1.29, 1.82) is 0 Å². The molecular formula is C21H32N4O2. The van der Waals surface area contributed by atoms with E-state index < -0.39 is 0 Å². The average Bonchev–Trinajstić information content (AvgIpc) is 2.68. The molecule has 2 heterocycles. The first-order valence-corrected chi connectivity index (χ1v) is 10.0. The number of piperazine rings is 2. The molecule has 2 saturated heterocycles. The van der Waals surface area contributed by atoms with Gasteiger partial charge in [-0.1, -0.05) is 0 Å². The van der Waals surface area contributed by atoms with Gasteiger partial charge < -0.3 is 9.80 Å². The van der Waals surface area contributed by atoms with Crippen molar-refractivity contribution in [1.82, 2.24) is 14.7 Å². The van der Waals surface area contributed by atoms with Crippen LogP contribution in [0.3, 0.4) is 0 Å². The van der Waals surface area contributed by atoms with Gasteiger partial charge >= 0.3 is 0 Å². The summed E-state index contributed by atoms with van der Waals surface area (Å²) in [5.74, 6) is 0.358. The molecule has 1 amide bonds. The highest BCUT2D eigenvalue weighted by Crippen LogP contribution is 2.18. The molecule has 0 aliphatic carbocycles. The minimum Gasteiger partial charge on any atom is -0.369 e. The quantitative estimate of drug-likeness (QED) is 0.734. The highest BCUT2D eigenvalue weighted by Gasteiger charge is 2.25. The van der Waals surface area contributed by atoms with Crippen LogP contribution < -0.4 is 4.90 Å². The summed E-state index contributed by atoms with van der Waals surface area (Å²) in [4.78, 5) is 33.1. The number of nitrogens with zero attached hydrogens (tertiary/aromatic N) is 4. The van der Waals surface area contributed by atoms with Crippen LogP contribution in [0.1, 0.15) is 31.1 Å². The Kier molecular flexibility index (Phi) is 6.50. The van der Waals surface area contributed by atoms with Crippen LogP contribution in [0.2, 0.25) is 0 Å². The minimum atomic E-state index is 0.0964. The van der Waals surface area contributed by atoms with Gasteiger partial charge in [0.05, 0.1) is 6.54 Å². The molecule has 0 bridgehead atoms. The monoisotopic (exact) mass is 372 g/mol. The Hall–Kier alpha value is -1.92. The molecule has 0 radical (unpaired) electrons. The molecule has 0 atom stereocenters. The second kappa shape index (κ2) is 8.85. The fourth-order valence-electron chi connectivity index (χ4n) is 3.85. The van der Waals surface area contributed by atoms with Crippen LogP contribution in [0.5, 0.6) is 0 Å². The fourth-order valence-corrected chi connectivity index (χ4v) is 3.85. The van der Waals surface area contributed by atoms with E-state index in [2.05, 4.69) is 28.5 Å². The van der Waals surface area contributed by atoms with Crippen molar-refractivity contribution >= 4 is 17.4 Å². The molecule has 3 rings (SSSR count). The van der Waals surface area contributed by atoms with Gasteiger partial charge in [0.15, 0.2) is 5.78 Å². The van der Waals surface area contributed by atoms with Crippen molar-refractivity contribution < 1.29 is 9.59 Å². The smallest absolute Gasteiger partial charge is 0.236 e. The standard InChI is InChI=1S/C21H32N4O2/c1-17(2)23-12-14-25(15-13-23)21(27)16-22-8-10-24(11-9-22)20-6-4-19(5-7-20)18(3)26/h4-7,17H,8-16H2,1-3H3. The predicted octanol–water partition coefficient (Wildman–Crippen LogP) is 1.56. The van der Waals surface area contributed by atoms with Gasteiger partial charge in [0.2, 0.25) is 5.91 Å². The summed E-state index contributed by atoms with van der Waals surface area (Å²) < 4.78 is 0. The summed E-state index contributed by atoms with van der Waals surface area (Å²) >= 11 is 0. The van der Waals surface area contributed by atoms with Crippen LogP contribution in [-0.4, -0.2) is 91.3 Å². The number of rotatable bonds is 5. The number of Topliss-reactive ketones (excluding diaryl/α,β-unsaturated/α-hetero) is 1. The molecule has 0 unspecified atom stereocenters. The van der Waals surface area contributed by atoms with Gasteiger partial charge in [0.1, 0.15) is 0 Å². The molecule has 27 heavy (non-hydrogen) atoms. The molecule has 1 aromatic carbocycles. The summed E-state index contributed by atoms with van der Waals surface area (Å²) in [5, 5.41) is 0. The fraction of sp³-hybridized carbons (Fsp3) is 0.619. The lowest BCUT2D eigenvalue weighted by atomic mass is 10.1. The van der Waals surface area contributed by atoms with Crippen molar-refractivity contribution in [3.63, 3.8) is 0 Å². The van der Waals surface area contributed by atoms with Gasteiger partial charge in [-0.3, -0.25) is 19.4 Å². The van der Waals surface area contributed by atoms with E-state index in [4.69, 9.17) is 0 Å². The first kappa shape index (κ1) is 19.8. The van der Waals surface area contributed by atoms with Crippen molar-refractivity contribution in [2.24, 2.45) is 0 Å². The lowest BCUT2D eigenvalue weighted by Crippen LogP contribution is -2.54. The van der Waals surface area contributed by atoms with E-state index in [9.17, 15) is 9.59 Å². The third-order valence-corrected chi connectivity index (χ3v) is 5.77. The van der Waals surface area contributed by atoms with E-state index in [0.717, 1.165) is 63.6 Å². The Morgan fingerprint density at radius 1 is 0.889 bits per heavy atom. The third-order valence-electron chi connectivity index (χ3n) is 5.77. The number of ketones is 1. The van der Waals surface area contributed by atoms with E-state index in [1.54, 1.807) is 6.92 Å². The number of anilines is 1. The van der Waals surface area contributed by atoms with Crippen LogP contribution in [0.25, 0.3) is 0 Å². The van der Waals surface area contributed by atoms with Gasteiger partial charge in [-0.25, -0.2) is 0 Å². The van der Waals surface area contributed by atoms with Gasteiger partial charge in [0, 0.05) is 69.7 Å². The zero-order valence-corrected chi connectivity index (χ0v) is 16.9. The van der Waals surface area contributed by atoms with E-state index in [-0.39, 0.29) is 11.7 Å². The molecule has 0 aromatic heterocycles. The lowest BCUT2D eigenvalue weighted by Gasteiger charge is -2.39. The molecule has 0 saturated carbocycles. The Labute approximate surface area is 162 Å². The van der Waals surface area contributed by atoms with E-state index >= 15 is 0 Å². The Balaban J connectivity index is 1.44. The third kappa shape index (κ3) is 5.08. The highest BCUT2D eigenvalue weighted by molar-refractivity contribution is 5.94. The van der Waals surface area contributed by atoms with Crippen LogP contribution in [0.4, 0.5) is 5.69 Å². The molecule has 1 aromatic rings. The zero-order chi connectivity index (χ0) is 19.4. The topological polar surface area (TPSA) is 47.1 Å². The number of benzene rings is 1. The Morgan fingerprint density at radius 3 is 2.00 bits per heavy atom. The number of amides is 1. The summed E-state index contributed by atoms with van der Waals surface area (Å²) in [6.45, 7) is 13.8. The number of hydrogen-bond acceptors (Lipinski definition) is 5. The molecule has 0 spiro atoms. The SMILES string of the molecule is CC(=O)c1ccc(N2CCN(CC(=O)N3CCN(C(C)C)CC3)CC2)cc1. The van der Waals surface area contributed by atoms with Crippen LogP contribution in [-0.2, 0) is 4.79 Å². The largest absolute Gasteiger partial charge is 0.369 e. The molecule has 2 aliphatic heterocycles. The first-order chi connectivity index (χ1) is 12.9. The number of carbonyl (C=O) groups excluding carboxylic acids is 2. The van der Waals surface area contributed by atoms with Crippen molar-refractivity contribution in [3.8, 4) is 0 Å². The summed E-state index contributed by atoms with van der Waals surface area (Å²) in [5.41, 5.74) is 1.90. The maximum absolute atomic E-state index is 12.6. The van der Waals surface area contributed by atoms with Gasteiger partial charge in [-0.2, -0.15) is 0 Å². The molecule has 2 fully saturated rings. The molecule has 6 nitrogen and oxygen atoms in total. The lowest BCUT2D eigenvalue weighted by molar-refractivity contribution is -0.134. The minimum absolute atomic E-state index is 0.0964. The summed E-state index contributed by atoms with van der Waals surface area (Å²) in [7, 11) is 0. The van der Waals surface area contributed by atoms with E-state index in [1.807, 2.05) is 29.2 Å². The van der Waals surface area contributed by atoms with Gasteiger partial charge in [0.25, 0.3) is 0 Å². The van der Waals surface area contributed by atoms with Gasteiger partial charge in [-0.15, -0.1) is 0 Å². The Bertz CT molecular complexity index is 643. The van der Waals surface area contributed by atoms with Crippen molar-refractivity contribution in [2.75, 3.05) is 63.8 Å². The molecule has 0 N–H and O–H groups in total. The van der Waals surface area contributed by atoms with E-state index in [0.29, 0.717) is 12.6 Å². The molecule has 2 aliphatic rings. The molecule has 148 valence electrons. The van der Waals surface area contributed by atoms with Crippen LogP contribution in [0, 0.1) is 0 Å². The number of carbonyl (C=O) groups is 2. The van der Waals surface area contributed by atoms with Crippen molar-refractivity contribution in [2.45, 2.75) is 26.8 Å². The Morgan fingerprint density at radius 2 is 1.48 bits per heavy atom.